The summed E-state index contributed by atoms with van der Waals surface area (Å²) in [6.45, 7) is 0.890. The first kappa shape index (κ1) is 22.6. The number of fused-ring (bicyclic) bond motifs is 11. The number of carbonyl (C=O) groups is 4. The molecule has 2 aromatic carbocycles. The monoisotopic (exact) mass is 414 g/mol. The van der Waals surface area contributed by atoms with Crippen LogP contribution >= 0.6 is 0 Å². The molecule has 8 nitrogen and oxygen atoms in total. The minimum Gasteiger partial charge on any atom is -0.478 e. The minimum absolute atomic E-state index is 0.0833. The Hall–Kier alpha value is -3.68. The molecule has 2 heterocycles. The molecule has 0 saturated heterocycles. The first-order valence-corrected chi connectivity index (χ1v) is 9.39. The maximum Gasteiger partial charge on any atom is 0.338 e. The van der Waals surface area contributed by atoms with Crippen molar-refractivity contribution in [2.24, 2.45) is 0 Å². The molecule has 158 valence electrons. The van der Waals surface area contributed by atoms with E-state index in [1.807, 2.05) is 0 Å². The number of ether oxygens (including phenoxy) is 2. The topological polar surface area (TPSA) is 127 Å². The number of aromatic carboxylic acids is 2. The number of benzene rings is 2. The second kappa shape index (κ2) is 11.4. The van der Waals surface area contributed by atoms with Gasteiger partial charge >= 0.3 is 23.9 Å². The molecule has 4 rings (SSSR count). The average molecular weight is 414 g/mol. The number of esters is 2. The molecule has 0 saturated carbocycles. The van der Waals surface area contributed by atoms with Crippen molar-refractivity contribution in [3.05, 3.63) is 70.8 Å². The van der Waals surface area contributed by atoms with Crippen molar-refractivity contribution in [2.75, 3.05) is 13.2 Å². The second-order valence-electron chi connectivity index (χ2n) is 6.45. The molecule has 0 fully saturated rings. The summed E-state index contributed by atoms with van der Waals surface area (Å²) in [6.07, 6.45) is 3.64. The summed E-state index contributed by atoms with van der Waals surface area (Å²) >= 11 is 0. The Morgan fingerprint density at radius 3 is 1.23 bits per heavy atom. The third-order valence-corrected chi connectivity index (χ3v) is 4.24. The van der Waals surface area contributed by atoms with Crippen molar-refractivity contribution in [2.45, 2.75) is 25.7 Å². The molecule has 0 aromatic heterocycles. The van der Waals surface area contributed by atoms with Gasteiger partial charge in [-0.3, -0.25) is 0 Å². The van der Waals surface area contributed by atoms with Crippen molar-refractivity contribution in [1.29, 1.82) is 0 Å². The lowest BCUT2D eigenvalue weighted by Crippen LogP contribution is -2.10. The highest BCUT2D eigenvalue weighted by Gasteiger charge is 2.11. The number of carbonyl (C=O) groups excluding carboxylic acids is 2. The van der Waals surface area contributed by atoms with Crippen LogP contribution in [0.3, 0.4) is 0 Å². The minimum atomic E-state index is -1.06. The molecule has 2 aliphatic rings. The molecule has 0 unspecified atom stereocenters. The highest BCUT2D eigenvalue weighted by atomic mass is 16.5. The van der Waals surface area contributed by atoms with Crippen molar-refractivity contribution < 1.29 is 38.9 Å². The van der Waals surface area contributed by atoms with Gasteiger partial charge in [0, 0.05) is 0 Å². The fourth-order valence-electron chi connectivity index (χ4n) is 2.55. The Kier molecular flexibility index (Phi) is 8.56. The van der Waals surface area contributed by atoms with E-state index in [4.69, 9.17) is 19.7 Å². The molecular weight excluding hydrogens is 392 g/mol. The Labute approximate surface area is 173 Å². The van der Waals surface area contributed by atoms with Gasteiger partial charge < -0.3 is 19.7 Å². The van der Waals surface area contributed by atoms with E-state index in [9.17, 15) is 19.2 Å². The molecular formula is C22H22O8. The number of hydrogen-bond donors (Lipinski definition) is 2. The van der Waals surface area contributed by atoms with E-state index in [1.165, 1.54) is 24.3 Å². The molecule has 0 atom stereocenters. The highest BCUT2D eigenvalue weighted by molar-refractivity contribution is 5.93. The maximum absolute atomic E-state index is 11.6. The van der Waals surface area contributed by atoms with Gasteiger partial charge in [-0.25, -0.2) is 19.2 Å². The number of hydrogen-bond acceptors (Lipinski definition) is 6. The lowest BCUT2D eigenvalue weighted by atomic mass is 10.1. The van der Waals surface area contributed by atoms with E-state index in [1.54, 1.807) is 24.3 Å². The number of carboxylic acids is 2. The predicted octanol–water partition coefficient (Wildman–Crippen LogP) is 3.66. The van der Waals surface area contributed by atoms with Crippen LogP contribution in [0.15, 0.2) is 48.5 Å². The van der Waals surface area contributed by atoms with Crippen LogP contribution in [0.5, 0.6) is 0 Å². The van der Waals surface area contributed by atoms with Gasteiger partial charge in [-0.15, -0.1) is 0 Å². The van der Waals surface area contributed by atoms with Crippen LogP contribution in [-0.2, 0) is 9.47 Å². The standard InChI is InChI=1S/C14H16O4.C8H6O4/c15-13-11-5-7-12(8-6-11)14(16)18-10-4-2-1-3-9-17-13;9-7(10)5-1-2-6(4-3-5)8(11)12/h5-8H,1-4,9-10H2;1-4H,(H,9,10)(H,11,12). The third-order valence-electron chi connectivity index (χ3n) is 4.24. The molecule has 0 aliphatic carbocycles. The predicted molar refractivity (Wildman–Crippen MR) is 106 cm³/mol. The summed E-state index contributed by atoms with van der Waals surface area (Å²) in [5, 5.41) is 16.9. The van der Waals surface area contributed by atoms with Gasteiger partial charge in [-0.05, 0) is 74.2 Å². The average Bonchev–Trinajstić information content (AvgIpc) is 2.75. The summed E-state index contributed by atoms with van der Waals surface area (Å²) in [5.41, 5.74) is 1.09. The van der Waals surface area contributed by atoms with Crippen LogP contribution < -0.4 is 0 Å². The van der Waals surface area contributed by atoms with Crippen molar-refractivity contribution in [1.82, 2.24) is 0 Å². The molecule has 2 aromatic rings. The molecule has 2 N–H and O–H groups in total. The molecule has 0 spiro atoms. The van der Waals surface area contributed by atoms with Gasteiger partial charge in [-0.2, -0.15) is 0 Å². The normalized spacial score (nSPS) is 14.4. The summed E-state index contributed by atoms with van der Waals surface area (Å²) in [7, 11) is 0. The van der Waals surface area contributed by atoms with Gasteiger partial charge in [0.1, 0.15) is 0 Å². The van der Waals surface area contributed by atoms with E-state index in [0.717, 1.165) is 25.7 Å². The quantitative estimate of drug-likeness (QED) is 0.713. The van der Waals surface area contributed by atoms with Crippen molar-refractivity contribution in [3.63, 3.8) is 0 Å². The Morgan fingerprint density at radius 2 is 0.933 bits per heavy atom. The molecule has 2 aliphatic heterocycles. The lowest BCUT2D eigenvalue weighted by molar-refractivity contribution is 0.0468. The largest absolute Gasteiger partial charge is 0.478 e. The van der Waals surface area contributed by atoms with Gasteiger partial charge in [0.05, 0.1) is 35.5 Å². The van der Waals surface area contributed by atoms with Crippen LogP contribution in [0, 0.1) is 0 Å². The van der Waals surface area contributed by atoms with E-state index in [2.05, 4.69) is 0 Å². The second-order valence-corrected chi connectivity index (χ2v) is 6.45. The Bertz CT molecular complexity index is 810. The first-order chi connectivity index (χ1) is 14.4. The van der Waals surface area contributed by atoms with Gasteiger partial charge in [0.2, 0.25) is 0 Å². The highest BCUT2D eigenvalue weighted by Crippen LogP contribution is 2.10. The van der Waals surface area contributed by atoms with Gasteiger partial charge in [0.25, 0.3) is 0 Å². The zero-order chi connectivity index (χ0) is 21.9. The van der Waals surface area contributed by atoms with Crippen molar-refractivity contribution >= 4 is 23.9 Å². The molecule has 2 bridgehead atoms. The molecule has 0 radical (unpaired) electrons. The SMILES string of the molecule is O=C(O)c1ccc(C(=O)O)cc1.O=C1OCCCCCCOC(=O)c2ccc1cc2. The van der Waals surface area contributed by atoms with Crippen LogP contribution in [0.1, 0.15) is 67.1 Å². The summed E-state index contributed by atoms with van der Waals surface area (Å²) in [4.78, 5) is 43.9. The van der Waals surface area contributed by atoms with E-state index in [0.29, 0.717) is 24.3 Å². The van der Waals surface area contributed by atoms with Crippen LogP contribution in [0.25, 0.3) is 0 Å². The van der Waals surface area contributed by atoms with Crippen LogP contribution in [-0.4, -0.2) is 47.3 Å². The fourth-order valence-corrected chi connectivity index (χ4v) is 2.55. The maximum atomic E-state index is 11.6. The lowest BCUT2D eigenvalue weighted by Gasteiger charge is -2.08. The number of carboxylic acid groups (broad SMARTS) is 2. The third kappa shape index (κ3) is 7.05. The van der Waals surface area contributed by atoms with Crippen molar-refractivity contribution in [3.8, 4) is 0 Å². The smallest absolute Gasteiger partial charge is 0.338 e. The van der Waals surface area contributed by atoms with E-state index < -0.39 is 11.9 Å². The fraction of sp³-hybridized carbons (Fsp3) is 0.273. The van der Waals surface area contributed by atoms with Crippen LogP contribution in [0.2, 0.25) is 0 Å². The molecule has 8 heteroatoms. The summed E-state index contributed by atoms with van der Waals surface area (Å²) < 4.78 is 10.3. The van der Waals surface area contributed by atoms with E-state index in [-0.39, 0.29) is 23.1 Å². The summed E-state index contributed by atoms with van der Waals surface area (Å²) in [6, 6.07) is 11.4. The zero-order valence-corrected chi connectivity index (χ0v) is 16.2. The van der Waals surface area contributed by atoms with Gasteiger partial charge in [0.15, 0.2) is 0 Å². The Morgan fingerprint density at radius 1 is 0.600 bits per heavy atom. The van der Waals surface area contributed by atoms with Crippen LogP contribution in [0.4, 0.5) is 0 Å². The van der Waals surface area contributed by atoms with Gasteiger partial charge in [-0.1, -0.05) is 0 Å². The molecule has 0 amide bonds. The number of rotatable bonds is 2. The zero-order valence-electron chi connectivity index (χ0n) is 16.2. The Balaban J connectivity index is 0.000000232. The first-order valence-electron chi connectivity index (χ1n) is 9.39. The van der Waals surface area contributed by atoms with E-state index >= 15 is 0 Å². The summed E-state index contributed by atoms with van der Waals surface area (Å²) in [5.74, 6) is -2.81. The molecule has 30 heavy (non-hydrogen) atoms.